The van der Waals surface area contributed by atoms with Crippen LogP contribution in [-0.2, 0) is 14.3 Å². The molecule has 2 aromatic carbocycles. The number of aryl methyl sites for hydroxylation is 4. The zero-order valence-electron chi connectivity index (χ0n) is 25.4. The highest BCUT2D eigenvalue weighted by Crippen LogP contribution is 2.29. The maximum absolute atomic E-state index is 14.2. The number of ether oxygens (including phenoxy) is 1. The first-order valence-electron chi connectivity index (χ1n) is 13.9. The Labute approximate surface area is 234 Å². The summed E-state index contributed by atoms with van der Waals surface area (Å²) in [5, 5.41) is 5.91. The number of alkyl carbamates (subject to hydrolysis) is 1. The highest BCUT2D eigenvalue weighted by Gasteiger charge is 2.36. The number of carbonyl (C=O) groups excluding carboxylic acids is 3. The number of rotatable bonds is 10. The summed E-state index contributed by atoms with van der Waals surface area (Å²) in [5.41, 5.74) is 4.67. The quantitative estimate of drug-likeness (QED) is 0.350. The molecule has 0 aliphatic rings. The molecule has 2 aromatic rings. The summed E-state index contributed by atoms with van der Waals surface area (Å²) >= 11 is 0. The second kappa shape index (κ2) is 13.6. The molecule has 2 unspecified atom stereocenters. The van der Waals surface area contributed by atoms with Crippen LogP contribution >= 0.6 is 0 Å². The van der Waals surface area contributed by atoms with Crippen LogP contribution in [-0.4, -0.2) is 41.0 Å². The van der Waals surface area contributed by atoms with E-state index in [9.17, 15) is 14.4 Å². The molecule has 0 aliphatic heterocycles. The average molecular weight is 538 g/mol. The van der Waals surface area contributed by atoms with E-state index in [1.807, 2.05) is 84.9 Å². The predicted molar refractivity (Wildman–Crippen MR) is 158 cm³/mol. The number of carbonyl (C=O) groups is 3. The minimum absolute atomic E-state index is 0.125. The molecule has 2 N–H and O–H groups in total. The smallest absolute Gasteiger partial charge is 0.408 e. The van der Waals surface area contributed by atoms with Crippen molar-refractivity contribution in [2.45, 2.75) is 99.8 Å². The van der Waals surface area contributed by atoms with Crippen molar-refractivity contribution in [1.29, 1.82) is 0 Å². The first-order valence-corrected chi connectivity index (χ1v) is 13.9. The lowest BCUT2D eigenvalue weighted by molar-refractivity contribution is -0.141. The van der Waals surface area contributed by atoms with Gasteiger partial charge in [-0.1, -0.05) is 68.3 Å². The number of hydrogen-bond donors (Lipinski definition) is 2. The molecule has 3 amide bonds. The molecule has 0 bridgehead atoms. The highest BCUT2D eigenvalue weighted by atomic mass is 16.6. The van der Waals surface area contributed by atoms with Crippen LogP contribution in [0.2, 0.25) is 0 Å². The van der Waals surface area contributed by atoms with Crippen molar-refractivity contribution in [2.24, 2.45) is 5.92 Å². The topological polar surface area (TPSA) is 87.7 Å². The summed E-state index contributed by atoms with van der Waals surface area (Å²) in [6, 6.07) is 10.1. The summed E-state index contributed by atoms with van der Waals surface area (Å²) in [5.74, 6) is -0.475. The molecule has 0 radical (unpaired) electrons. The molecule has 7 heteroatoms. The van der Waals surface area contributed by atoms with Crippen LogP contribution in [0, 0.1) is 33.6 Å². The summed E-state index contributed by atoms with van der Waals surface area (Å²) in [6.07, 6.45) is 0.405. The number of amides is 3. The molecule has 7 nitrogen and oxygen atoms in total. The summed E-state index contributed by atoms with van der Waals surface area (Å²) in [7, 11) is 0. The van der Waals surface area contributed by atoms with Crippen LogP contribution in [0.4, 0.5) is 10.5 Å². The number of nitrogens with zero attached hydrogens (tertiary/aromatic N) is 1. The molecule has 0 saturated carbocycles. The third-order valence-electron chi connectivity index (χ3n) is 6.29. The molecule has 39 heavy (non-hydrogen) atoms. The Balaban J connectivity index is 2.59. The van der Waals surface area contributed by atoms with Gasteiger partial charge < -0.3 is 20.3 Å². The minimum Gasteiger partial charge on any atom is -0.444 e. The van der Waals surface area contributed by atoms with Gasteiger partial charge in [0, 0.05) is 12.2 Å². The fraction of sp³-hybridized carbons (Fsp3) is 0.531. The largest absolute Gasteiger partial charge is 0.444 e. The van der Waals surface area contributed by atoms with Crippen molar-refractivity contribution in [2.75, 3.05) is 11.9 Å². The average Bonchev–Trinajstić information content (AvgIpc) is 2.78. The molecule has 0 aromatic heterocycles. The van der Waals surface area contributed by atoms with E-state index in [-0.39, 0.29) is 17.7 Å². The van der Waals surface area contributed by atoms with Gasteiger partial charge in [-0.15, -0.1) is 0 Å². The van der Waals surface area contributed by atoms with Gasteiger partial charge >= 0.3 is 6.09 Å². The molecule has 0 spiro atoms. The van der Waals surface area contributed by atoms with Crippen molar-refractivity contribution in [3.63, 3.8) is 0 Å². The Bertz CT molecular complexity index is 1130. The second-order valence-electron chi connectivity index (χ2n) is 11.9. The number of anilines is 1. The summed E-state index contributed by atoms with van der Waals surface area (Å²) in [4.78, 5) is 42.7. The van der Waals surface area contributed by atoms with Crippen LogP contribution in [0.3, 0.4) is 0 Å². The van der Waals surface area contributed by atoms with E-state index in [0.29, 0.717) is 19.4 Å². The number of benzene rings is 2. The number of hydrogen-bond acceptors (Lipinski definition) is 4. The molecule has 0 fully saturated rings. The van der Waals surface area contributed by atoms with Gasteiger partial charge in [0.2, 0.25) is 5.91 Å². The second-order valence-corrected chi connectivity index (χ2v) is 11.9. The fourth-order valence-corrected chi connectivity index (χ4v) is 4.79. The van der Waals surface area contributed by atoms with Gasteiger partial charge in [0.15, 0.2) is 0 Å². The van der Waals surface area contributed by atoms with Gasteiger partial charge in [-0.25, -0.2) is 4.79 Å². The Morgan fingerprint density at radius 3 is 2.00 bits per heavy atom. The lowest BCUT2D eigenvalue weighted by Crippen LogP contribution is -2.53. The number of para-hydroxylation sites is 1. The molecule has 0 aliphatic carbocycles. The lowest BCUT2D eigenvalue weighted by Gasteiger charge is -2.35. The molecule has 2 rings (SSSR count). The standard InChI is InChI=1S/C32H47N3O4/c1-11-15-35(30(37)26(16-20(2)3)33-31(38)39-32(8,9)10)28(25-18-21(4)17-22(5)19-25)29(36)34-27-23(6)13-12-14-24(27)7/h12-14,17-20,26,28H,11,15-16H2,1-10H3,(H,33,38)(H,34,36). The van der Waals surface area contributed by atoms with Crippen LogP contribution in [0.25, 0.3) is 0 Å². The van der Waals surface area contributed by atoms with E-state index in [4.69, 9.17) is 4.74 Å². The summed E-state index contributed by atoms with van der Waals surface area (Å²) < 4.78 is 5.47. The van der Waals surface area contributed by atoms with Crippen molar-refractivity contribution in [3.8, 4) is 0 Å². The van der Waals surface area contributed by atoms with E-state index in [0.717, 1.165) is 33.5 Å². The third-order valence-corrected chi connectivity index (χ3v) is 6.29. The Kier molecular flexibility index (Phi) is 11.1. The van der Waals surface area contributed by atoms with Crippen molar-refractivity contribution in [1.82, 2.24) is 10.2 Å². The van der Waals surface area contributed by atoms with Gasteiger partial charge in [-0.05, 0) is 83.9 Å². The summed E-state index contributed by atoms with van der Waals surface area (Å²) in [6.45, 7) is 19.5. The molecular formula is C32H47N3O4. The molecule has 214 valence electrons. The fourth-order valence-electron chi connectivity index (χ4n) is 4.79. The minimum atomic E-state index is -0.884. The normalized spacial score (nSPS) is 13.0. The maximum Gasteiger partial charge on any atom is 0.408 e. The monoisotopic (exact) mass is 537 g/mol. The third kappa shape index (κ3) is 9.41. The van der Waals surface area contributed by atoms with E-state index in [2.05, 4.69) is 10.6 Å². The predicted octanol–water partition coefficient (Wildman–Crippen LogP) is 6.78. The van der Waals surface area contributed by atoms with Crippen LogP contribution in [0.1, 0.15) is 88.2 Å². The van der Waals surface area contributed by atoms with Gasteiger partial charge in [0.1, 0.15) is 17.7 Å². The first kappa shape index (κ1) is 31.9. The van der Waals surface area contributed by atoms with Crippen LogP contribution in [0.15, 0.2) is 36.4 Å². The molecule has 0 heterocycles. The van der Waals surface area contributed by atoms with E-state index in [1.54, 1.807) is 25.7 Å². The van der Waals surface area contributed by atoms with E-state index in [1.165, 1.54) is 0 Å². The zero-order valence-corrected chi connectivity index (χ0v) is 25.4. The van der Waals surface area contributed by atoms with E-state index >= 15 is 0 Å². The lowest BCUT2D eigenvalue weighted by atomic mass is 9.96. The highest BCUT2D eigenvalue weighted by molar-refractivity contribution is 6.00. The Hall–Kier alpha value is -3.35. The van der Waals surface area contributed by atoms with Gasteiger partial charge in [-0.3, -0.25) is 9.59 Å². The van der Waals surface area contributed by atoms with Crippen LogP contribution in [0.5, 0.6) is 0 Å². The Morgan fingerprint density at radius 1 is 0.949 bits per heavy atom. The van der Waals surface area contributed by atoms with Crippen molar-refractivity contribution >= 4 is 23.6 Å². The Morgan fingerprint density at radius 2 is 1.51 bits per heavy atom. The number of nitrogens with one attached hydrogen (secondary N) is 2. The maximum atomic E-state index is 14.2. The zero-order chi connectivity index (χ0) is 29.5. The molecular weight excluding hydrogens is 490 g/mol. The van der Waals surface area contributed by atoms with Gasteiger partial charge in [0.05, 0.1) is 0 Å². The SMILES string of the molecule is CCCN(C(=O)C(CC(C)C)NC(=O)OC(C)(C)C)C(C(=O)Nc1c(C)cccc1C)c1cc(C)cc(C)c1. The van der Waals surface area contributed by atoms with Crippen molar-refractivity contribution in [3.05, 3.63) is 64.2 Å². The molecule has 2 atom stereocenters. The van der Waals surface area contributed by atoms with Crippen molar-refractivity contribution < 1.29 is 19.1 Å². The molecule has 0 saturated heterocycles. The van der Waals surface area contributed by atoms with E-state index < -0.39 is 23.8 Å². The van der Waals surface area contributed by atoms with Crippen LogP contribution < -0.4 is 10.6 Å². The van der Waals surface area contributed by atoms with Gasteiger partial charge in [0.25, 0.3) is 5.91 Å². The van der Waals surface area contributed by atoms with Gasteiger partial charge in [-0.2, -0.15) is 0 Å². The first-order chi connectivity index (χ1) is 18.1.